The highest BCUT2D eigenvalue weighted by atomic mass is 32.1. The standard InChI is InChI=1S/C25H28N6OS2/c1-7-11-30-22(28-29-25(30)33)21-16(5)26-24(34-21)27-23(32)20-12-15(4)31(17(20)6)19-10-8-9-18(13-19)14(2)3/h7-10,12-14H,1,11H2,2-6H3,(H,29,33)(H,26,27,32). The Morgan fingerprint density at radius 1 is 1.29 bits per heavy atom. The number of H-pyrrole nitrogens is 1. The van der Waals surface area contributed by atoms with E-state index in [0.29, 0.717) is 33.8 Å². The molecule has 4 rings (SSSR count). The van der Waals surface area contributed by atoms with E-state index in [1.807, 2.05) is 31.4 Å². The Bertz CT molecular complexity index is 1440. The maximum absolute atomic E-state index is 13.2. The molecule has 3 heterocycles. The Labute approximate surface area is 208 Å². The summed E-state index contributed by atoms with van der Waals surface area (Å²) >= 11 is 6.70. The highest BCUT2D eigenvalue weighted by molar-refractivity contribution is 7.71. The van der Waals surface area contributed by atoms with Crippen LogP contribution in [0.3, 0.4) is 0 Å². The van der Waals surface area contributed by atoms with Gasteiger partial charge in [0.2, 0.25) is 0 Å². The Morgan fingerprint density at radius 3 is 2.76 bits per heavy atom. The van der Waals surface area contributed by atoms with Crippen molar-refractivity contribution < 1.29 is 4.79 Å². The van der Waals surface area contributed by atoms with Gasteiger partial charge in [-0.2, -0.15) is 5.10 Å². The van der Waals surface area contributed by atoms with E-state index in [1.165, 1.54) is 16.9 Å². The predicted molar refractivity (Wildman–Crippen MR) is 141 cm³/mol. The molecule has 34 heavy (non-hydrogen) atoms. The molecule has 0 bridgehead atoms. The number of benzene rings is 1. The molecule has 2 N–H and O–H groups in total. The van der Waals surface area contributed by atoms with Gasteiger partial charge in [-0.3, -0.25) is 19.8 Å². The Kier molecular flexibility index (Phi) is 6.67. The largest absolute Gasteiger partial charge is 0.318 e. The number of thiazole rings is 1. The molecule has 4 aromatic rings. The average molecular weight is 493 g/mol. The van der Waals surface area contributed by atoms with Crippen molar-refractivity contribution in [1.29, 1.82) is 0 Å². The molecule has 1 aromatic carbocycles. The molecule has 0 spiro atoms. The number of nitrogens with zero attached hydrogens (tertiary/aromatic N) is 4. The summed E-state index contributed by atoms with van der Waals surface area (Å²) in [6, 6.07) is 10.4. The van der Waals surface area contributed by atoms with Crippen molar-refractivity contribution in [2.24, 2.45) is 0 Å². The van der Waals surface area contributed by atoms with Crippen LogP contribution in [0.5, 0.6) is 0 Å². The van der Waals surface area contributed by atoms with Crippen molar-refractivity contribution in [2.75, 3.05) is 5.32 Å². The third kappa shape index (κ3) is 4.41. The molecule has 0 atom stereocenters. The number of allylic oxidation sites excluding steroid dienone is 1. The first-order chi connectivity index (χ1) is 16.2. The first-order valence-corrected chi connectivity index (χ1v) is 12.3. The van der Waals surface area contributed by atoms with E-state index >= 15 is 0 Å². The van der Waals surface area contributed by atoms with Crippen LogP contribution in [0.1, 0.15) is 52.8 Å². The number of anilines is 1. The Balaban J connectivity index is 1.63. The Morgan fingerprint density at radius 2 is 2.06 bits per heavy atom. The minimum atomic E-state index is -0.190. The third-order valence-corrected chi connectivity index (χ3v) is 7.14. The monoisotopic (exact) mass is 492 g/mol. The number of carbonyl (C=O) groups is 1. The summed E-state index contributed by atoms with van der Waals surface area (Å²) in [5, 5.41) is 10.7. The van der Waals surface area contributed by atoms with Crippen LogP contribution >= 0.6 is 23.6 Å². The number of carbonyl (C=O) groups excluding carboxylic acids is 1. The van der Waals surface area contributed by atoms with Gasteiger partial charge in [-0.15, -0.1) is 6.58 Å². The third-order valence-electron chi connectivity index (χ3n) is 5.76. The molecule has 0 saturated heterocycles. The second-order valence-electron chi connectivity index (χ2n) is 8.51. The van der Waals surface area contributed by atoms with Gasteiger partial charge in [-0.1, -0.05) is 43.4 Å². The summed E-state index contributed by atoms with van der Waals surface area (Å²) < 4.78 is 4.49. The summed E-state index contributed by atoms with van der Waals surface area (Å²) in [5.74, 6) is 0.922. The van der Waals surface area contributed by atoms with E-state index in [0.717, 1.165) is 27.6 Å². The lowest BCUT2D eigenvalue weighted by atomic mass is 10.0. The minimum Gasteiger partial charge on any atom is -0.318 e. The molecular weight excluding hydrogens is 464 g/mol. The van der Waals surface area contributed by atoms with Crippen LogP contribution in [0, 0.1) is 25.5 Å². The molecular formula is C25H28N6OS2. The lowest BCUT2D eigenvalue weighted by Crippen LogP contribution is -2.13. The SMILES string of the molecule is C=CCn1c(-c2sc(NC(=O)c3cc(C)n(-c4cccc(C(C)C)c4)c3C)nc2C)n[nH]c1=S. The number of hydrogen-bond donors (Lipinski definition) is 2. The first kappa shape index (κ1) is 23.8. The number of aromatic nitrogens is 5. The van der Waals surface area contributed by atoms with Gasteiger partial charge in [0.25, 0.3) is 5.91 Å². The first-order valence-electron chi connectivity index (χ1n) is 11.1. The number of hydrogen-bond acceptors (Lipinski definition) is 5. The normalized spacial score (nSPS) is 11.2. The minimum absolute atomic E-state index is 0.190. The number of amides is 1. The van der Waals surface area contributed by atoms with Crippen LogP contribution in [0.25, 0.3) is 16.4 Å². The van der Waals surface area contributed by atoms with E-state index in [-0.39, 0.29) is 5.91 Å². The zero-order valence-electron chi connectivity index (χ0n) is 20.0. The quantitative estimate of drug-likeness (QED) is 0.233. The number of rotatable bonds is 7. The van der Waals surface area contributed by atoms with Gasteiger partial charge in [0.05, 0.1) is 16.1 Å². The van der Waals surface area contributed by atoms with Crippen LogP contribution in [0.15, 0.2) is 43.0 Å². The van der Waals surface area contributed by atoms with Crippen molar-refractivity contribution in [3.63, 3.8) is 0 Å². The number of aromatic amines is 1. The lowest BCUT2D eigenvalue weighted by molar-refractivity contribution is 0.102. The van der Waals surface area contributed by atoms with Crippen molar-refractivity contribution in [3.8, 4) is 16.4 Å². The maximum Gasteiger partial charge on any atom is 0.259 e. The average Bonchev–Trinajstić information content (AvgIpc) is 3.43. The van der Waals surface area contributed by atoms with Crippen LogP contribution in [-0.4, -0.2) is 30.2 Å². The molecule has 0 unspecified atom stereocenters. The van der Waals surface area contributed by atoms with Crippen LogP contribution in [-0.2, 0) is 6.54 Å². The van der Waals surface area contributed by atoms with Gasteiger partial charge in [-0.25, -0.2) is 4.98 Å². The molecule has 1 amide bonds. The maximum atomic E-state index is 13.2. The van der Waals surface area contributed by atoms with Gasteiger partial charge in [0, 0.05) is 23.6 Å². The molecule has 0 saturated carbocycles. The lowest BCUT2D eigenvalue weighted by Gasteiger charge is -2.13. The van der Waals surface area contributed by atoms with Crippen LogP contribution in [0.4, 0.5) is 5.13 Å². The van der Waals surface area contributed by atoms with Crippen molar-refractivity contribution in [3.05, 3.63) is 76.0 Å². The van der Waals surface area contributed by atoms with Gasteiger partial charge in [-0.05, 0) is 62.7 Å². The topological polar surface area (TPSA) is 80.5 Å². The fourth-order valence-corrected chi connectivity index (χ4v) is 5.19. The molecule has 176 valence electrons. The summed E-state index contributed by atoms with van der Waals surface area (Å²) in [7, 11) is 0. The molecule has 0 aliphatic heterocycles. The van der Waals surface area contributed by atoms with Gasteiger partial charge < -0.3 is 4.57 Å². The van der Waals surface area contributed by atoms with Crippen molar-refractivity contribution in [2.45, 2.75) is 47.1 Å². The van der Waals surface area contributed by atoms with E-state index < -0.39 is 0 Å². The molecule has 3 aromatic heterocycles. The van der Waals surface area contributed by atoms with Gasteiger partial charge in [0.1, 0.15) is 0 Å². The highest BCUT2D eigenvalue weighted by Gasteiger charge is 2.21. The molecule has 9 heteroatoms. The zero-order chi connectivity index (χ0) is 24.6. The van der Waals surface area contributed by atoms with Crippen molar-refractivity contribution >= 4 is 34.6 Å². The molecule has 0 fully saturated rings. The summed E-state index contributed by atoms with van der Waals surface area (Å²) in [4.78, 5) is 18.6. The molecule has 0 aliphatic carbocycles. The summed E-state index contributed by atoms with van der Waals surface area (Å²) in [6.07, 6.45) is 1.76. The van der Waals surface area contributed by atoms with Crippen LogP contribution in [0.2, 0.25) is 0 Å². The van der Waals surface area contributed by atoms with E-state index in [4.69, 9.17) is 12.2 Å². The van der Waals surface area contributed by atoms with E-state index in [1.54, 1.807) is 6.08 Å². The second kappa shape index (κ2) is 9.52. The summed E-state index contributed by atoms with van der Waals surface area (Å²) in [5.41, 5.74) is 5.59. The number of nitrogens with one attached hydrogen (secondary N) is 2. The fraction of sp³-hybridized carbons (Fsp3) is 0.280. The molecule has 0 radical (unpaired) electrons. The zero-order valence-corrected chi connectivity index (χ0v) is 21.6. The van der Waals surface area contributed by atoms with Crippen LogP contribution < -0.4 is 5.32 Å². The van der Waals surface area contributed by atoms with E-state index in [2.05, 4.69) is 69.8 Å². The molecule has 7 nitrogen and oxygen atoms in total. The fourth-order valence-electron chi connectivity index (χ4n) is 4.02. The second-order valence-corrected chi connectivity index (χ2v) is 9.89. The predicted octanol–water partition coefficient (Wildman–Crippen LogP) is 6.34. The van der Waals surface area contributed by atoms with Crippen molar-refractivity contribution in [1.82, 2.24) is 24.3 Å². The van der Waals surface area contributed by atoms with E-state index in [9.17, 15) is 4.79 Å². The van der Waals surface area contributed by atoms with Gasteiger partial charge in [0.15, 0.2) is 15.7 Å². The smallest absolute Gasteiger partial charge is 0.259 e. The molecule has 0 aliphatic rings. The number of aryl methyl sites for hydroxylation is 2. The Hall–Kier alpha value is -3.30. The summed E-state index contributed by atoms with van der Waals surface area (Å²) in [6.45, 7) is 14.5. The van der Waals surface area contributed by atoms with Gasteiger partial charge >= 0.3 is 0 Å². The highest BCUT2D eigenvalue weighted by Crippen LogP contribution is 2.32.